The van der Waals surface area contributed by atoms with Gasteiger partial charge in [-0.3, -0.25) is 9.48 Å². The Morgan fingerprint density at radius 3 is 2.87 bits per heavy atom. The van der Waals surface area contributed by atoms with Crippen LogP contribution in [0.25, 0.3) is 0 Å². The van der Waals surface area contributed by atoms with Crippen LogP contribution in [0.2, 0.25) is 0 Å². The van der Waals surface area contributed by atoms with E-state index >= 15 is 0 Å². The van der Waals surface area contributed by atoms with Crippen LogP contribution in [0, 0.1) is 0 Å². The van der Waals surface area contributed by atoms with E-state index in [0.717, 1.165) is 71.2 Å². The van der Waals surface area contributed by atoms with Crippen LogP contribution < -0.4 is 4.90 Å². The Morgan fingerprint density at radius 2 is 2.08 bits per heavy atom. The highest BCUT2D eigenvalue weighted by Gasteiger charge is 2.44. The van der Waals surface area contributed by atoms with Gasteiger partial charge in [-0.15, -0.1) is 0 Å². The van der Waals surface area contributed by atoms with Crippen molar-refractivity contribution in [2.75, 3.05) is 31.8 Å². The van der Waals surface area contributed by atoms with Crippen molar-refractivity contribution in [2.24, 2.45) is 0 Å². The molecule has 3 aromatic rings. The molecule has 8 nitrogen and oxygen atoms in total. The number of fused-ring (bicyclic) bond motifs is 4. The van der Waals surface area contributed by atoms with E-state index in [1.165, 1.54) is 11.1 Å². The summed E-state index contributed by atoms with van der Waals surface area (Å²) in [6.07, 6.45) is 5.78. The molecule has 3 aliphatic rings. The van der Waals surface area contributed by atoms with Gasteiger partial charge in [0.2, 0.25) is 0 Å². The van der Waals surface area contributed by atoms with Crippen LogP contribution >= 0.6 is 27.7 Å². The molecule has 0 saturated carbocycles. The second-order valence-corrected chi connectivity index (χ2v) is 12.5. The standard InChI is InChI=1S/C28H33BrN6O2S/c1-17-8-9-28(22-12-18(29)6-7-20(17)22)14-24-21(16-37-28)25(31-27(30-24)38-4)34-10-5-11-35-19(15-34)13-23(32-35)26(36)33(2)3/h6-7,12-13,17H,5,8-11,14-16H2,1-4H3/t17-,28?/m1/s1. The topological polar surface area (TPSA) is 76.4 Å². The third kappa shape index (κ3) is 4.44. The minimum absolute atomic E-state index is 0.0753. The molecule has 6 rings (SSSR count). The third-order valence-corrected chi connectivity index (χ3v) is 9.18. The second-order valence-electron chi connectivity index (χ2n) is 10.8. The zero-order chi connectivity index (χ0) is 26.6. The van der Waals surface area contributed by atoms with Crippen LogP contribution in [-0.2, 0) is 36.5 Å². The van der Waals surface area contributed by atoms with E-state index in [-0.39, 0.29) is 11.5 Å². The fraction of sp³-hybridized carbons (Fsp3) is 0.500. The number of carbonyl (C=O) groups excluding carboxylic acids is 1. The molecule has 0 N–H and O–H groups in total. The number of ether oxygens (including phenoxy) is 1. The molecular formula is C28H33BrN6O2S. The molecule has 1 aromatic carbocycles. The van der Waals surface area contributed by atoms with Crippen molar-refractivity contribution in [3.8, 4) is 0 Å². The number of rotatable bonds is 3. The molecule has 1 spiro atoms. The molecule has 4 heterocycles. The molecular weight excluding hydrogens is 564 g/mol. The summed E-state index contributed by atoms with van der Waals surface area (Å²) in [5.41, 5.74) is 6.00. The van der Waals surface area contributed by atoms with Crippen LogP contribution in [0.15, 0.2) is 33.9 Å². The first-order valence-electron chi connectivity index (χ1n) is 13.2. The lowest BCUT2D eigenvalue weighted by molar-refractivity contribution is -0.0872. The largest absolute Gasteiger partial charge is 0.365 e. The van der Waals surface area contributed by atoms with Gasteiger partial charge in [-0.05, 0) is 60.8 Å². The lowest BCUT2D eigenvalue weighted by atomic mass is 9.71. The average molecular weight is 598 g/mol. The highest BCUT2D eigenvalue weighted by molar-refractivity contribution is 9.10. The van der Waals surface area contributed by atoms with E-state index in [2.05, 4.69) is 51.1 Å². The SMILES string of the molecule is CSc1nc2c(c(N3CCCn4nc(C(=O)N(C)C)cc4C3)n1)COC1(CC[C@@H](C)c3ccc(Br)cc31)C2. The number of anilines is 1. The fourth-order valence-corrected chi connectivity index (χ4v) is 6.82. The molecule has 1 aliphatic carbocycles. The van der Waals surface area contributed by atoms with Gasteiger partial charge in [0.25, 0.3) is 5.91 Å². The molecule has 10 heteroatoms. The first-order valence-corrected chi connectivity index (χ1v) is 15.2. The molecule has 1 amide bonds. The highest BCUT2D eigenvalue weighted by atomic mass is 79.9. The Morgan fingerprint density at radius 1 is 1.24 bits per heavy atom. The summed E-state index contributed by atoms with van der Waals surface area (Å²) in [5, 5.41) is 5.39. The Kier molecular flexibility index (Phi) is 6.76. The predicted octanol–water partition coefficient (Wildman–Crippen LogP) is 5.14. The number of thioether (sulfide) groups is 1. The minimum atomic E-state index is -0.362. The van der Waals surface area contributed by atoms with Gasteiger partial charge >= 0.3 is 0 Å². The number of aromatic nitrogens is 4. The summed E-state index contributed by atoms with van der Waals surface area (Å²) in [6.45, 7) is 5.07. The maximum Gasteiger partial charge on any atom is 0.273 e. The zero-order valence-corrected chi connectivity index (χ0v) is 24.7. The normalized spacial score (nSPS) is 22.4. The Balaban J connectivity index is 1.37. The molecule has 0 bridgehead atoms. The highest BCUT2D eigenvalue weighted by Crippen LogP contribution is 2.49. The second kappa shape index (κ2) is 9.95. The van der Waals surface area contributed by atoms with E-state index < -0.39 is 0 Å². The van der Waals surface area contributed by atoms with Crippen molar-refractivity contribution in [1.82, 2.24) is 24.6 Å². The summed E-state index contributed by atoms with van der Waals surface area (Å²) >= 11 is 5.28. The van der Waals surface area contributed by atoms with Gasteiger partial charge in [0.05, 0.1) is 30.1 Å². The lowest BCUT2D eigenvalue weighted by Gasteiger charge is -2.44. The number of carbonyl (C=O) groups is 1. The number of halogens is 1. The number of aryl methyl sites for hydroxylation is 1. The van der Waals surface area contributed by atoms with Crippen LogP contribution in [0.1, 0.15) is 70.7 Å². The van der Waals surface area contributed by atoms with Gasteiger partial charge in [-0.25, -0.2) is 9.97 Å². The first-order chi connectivity index (χ1) is 18.3. The quantitative estimate of drug-likeness (QED) is 0.306. The Labute approximate surface area is 236 Å². The summed E-state index contributed by atoms with van der Waals surface area (Å²) < 4.78 is 9.89. The average Bonchev–Trinajstić information content (AvgIpc) is 3.20. The van der Waals surface area contributed by atoms with E-state index in [1.807, 2.05) is 17.0 Å². The van der Waals surface area contributed by atoms with Crippen molar-refractivity contribution in [1.29, 1.82) is 0 Å². The number of hydrogen-bond donors (Lipinski definition) is 0. The molecule has 0 saturated heterocycles. The van der Waals surface area contributed by atoms with E-state index in [4.69, 9.17) is 14.7 Å². The van der Waals surface area contributed by atoms with Gasteiger partial charge in [0.15, 0.2) is 10.9 Å². The summed E-state index contributed by atoms with van der Waals surface area (Å²) in [6, 6.07) is 8.56. The van der Waals surface area contributed by atoms with Crippen molar-refractivity contribution in [3.05, 3.63) is 62.5 Å². The fourth-order valence-electron chi connectivity index (χ4n) is 6.08. The number of benzene rings is 1. The summed E-state index contributed by atoms with van der Waals surface area (Å²) in [4.78, 5) is 26.5. The smallest absolute Gasteiger partial charge is 0.273 e. The Bertz CT molecular complexity index is 1410. The van der Waals surface area contributed by atoms with E-state index in [9.17, 15) is 4.79 Å². The molecule has 200 valence electrons. The number of hydrogen-bond acceptors (Lipinski definition) is 7. The zero-order valence-electron chi connectivity index (χ0n) is 22.3. The van der Waals surface area contributed by atoms with Crippen molar-refractivity contribution in [2.45, 2.75) is 69.0 Å². The molecule has 0 fully saturated rings. The molecule has 0 radical (unpaired) electrons. The van der Waals surface area contributed by atoms with Gasteiger partial charge in [-0.1, -0.05) is 40.7 Å². The van der Waals surface area contributed by atoms with Gasteiger partial charge in [-0.2, -0.15) is 5.10 Å². The molecule has 38 heavy (non-hydrogen) atoms. The maximum atomic E-state index is 12.5. The van der Waals surface area contributed by atoms with E-state index in [1.54, 1.807) is 30.8 Å². The van der Waals surface area contributed by atoms with Gasteiger partial charge in [0, 0.05) is 43.6 Å². The number of nitrogens with zero attached hydrogens (tertiary/aromatic N) is 6. The first kappa shape index (κ1) is 25.8. The van der Waals surface area contributed by atoms with Crippen molar-refractivity contribution < 1.29 is 9.53 Å². The maximum absolute atomic E-state index is 12.5. The minimum Gasteiger partial charge on any atom is -0.365 e. The van der Waals surface area contributed by atoms with Crippen LogP contribution in [-0.4, -0.2) is 57.5 Å². The number of amides is 1. The molecule has 2 aliphatic heterocycles. The van der Waals surface area contributed by atoms with Gasteiger partial charge < -0.3 is 14.5 Å². The van der Waals surface area contributed by atoms with Crippen LogP contribution in [0.3, 0.4) is 0 Å². The third-order valence-electron chi connectivity index (χ3n) is 8.14. The van der Waals surface area contributed by atoms with Crippen molar-refractivity contribution in [3.63, 3.8) is 0 Å². The molecule has 2 atom stereocenters. The van der Waals surface area contributed by atoms with E-state index in [0.29, 0.717) is 24.8 Å². The predicted molar refractivity (Wildman–Crippen MR) is 152 cm³/mol. The van der Waals surface area contributed by atoms with Crippen LogP contribution in [0.4, 0.5) is 5.82 Å². The summed E-state index contributed by atoms with van der Waals surface area (Å²) in [5.74, 6) is 1.39. The monoisotopic (exact) mass is 596 g/mol. The van der Waals surface area contributed by atoms with Crippen LogP contribution in [0.5, 0.6) is 0 Å². The molecule has 1 unspecified atom stereocenters. The lowest BCUT2D eigenvalue weighted by Crippen LogP contribution is -2.41. The molecule has 2 aromatic heterocycles. The van der Waals surface area contributed by atoms with Gasteiger partial charge in [0.1, 0.15) is 5.82 Å². The summed E-state index contributed by atoms with van der Waals surface area (Å²) in [7, 11) is 3.51. The van der Waals surface area contributed by atoms with Crippen molar-refractivity contribution >= 4 is 39.4 Å². The Hall–Kier alpha value is -2.43.